The van der Waals surface area contributed by atoms with E-state index in [1.165, 1.54) is 5.56 Å². The third kappa shape index (κ3) is 8.81. The van der Waals surface area contributed by atoms with Crippen molar-refractivity contribution in [1.29, 1.82) is 0 Å². The molecule has 192 valence electrons. The van der Waals surface area contributed by atoms with E-state index in [0.29, 0.717) is 50.9 Å². The van der Waals surface area contributed by atoms with Crippen LogP contribution in [0.15, 0.2) is 72.1 Å². The molecule has 0 unspecified atom stereocenters. The van der Waals surface area contributed by atoms with E-state index in [-0.39, 0.29) is 18.5 Å². The second-order valence-electron chi connectivity index (χ2n) is 8.99. The van der Waals surface area contributed by atoms with Crippen LogP contribution in [0.25, 0.3) is 0 Å². The Morgan fingerprint density at radius 2 is 1.69 bits per heavy atom. The highest BCUT2D eigenvalue weighted by Crippen LogP contribution is 2.18. The molecule has 0 saturated carbocycles. The van der Waals surface area contributed by atoms with Crippen molar-refractivity contribution in [3.8, 4) is 0 Å². The standard InChI is InChI=1S/C29H37N3O3S/c1-4-35-18-9-17-31(29(34)30-26-15-13-25(14-16-26)23(2)3)22-28(33)32(21-27-12-8-19-36-27)20-24-10-6-5-7-11-24/h5-8,10-16,19,23H,4,9,17-18,20-22H2,1-3H3,(H,30,34). The Balaban J connectivity index is 1.72. The Labute approximate surface area is 218 Å². The van der Waals surface area contributed by atoms with Crippen LogP contribution < -0.4 is 5.32 Å². The molecule has 36 heavy (non-hydrogen) atoms. The third-order valence-electron chi connectivity index (χ3n) is 5.86. The number of thiophene rings is 1. The monoisotopic (exact) mass is 507 g/mol. The molecule has 0 radical (unpaired) electrons. The summed E-state index contributed by atoms with van der Waals surface area (Å²) in [6.45, 7) is 8.81. The van der Waals surface area contributed by atoms with Gasteiger partial charge in [-0.25, -0.2) is 4.79 Å². The van der Waals surface area contributed by atoms with Crippen LogP contribution in [0.2, 0.25) is 0 Å². The van der Waals surface area contributed by atoms with Crippen LogP contribution in [0.3, 0.4) is 0 Å². The van der Waals surface area contributed by atoms with Crippen molar-refractivity contribution in [2.45, 2.75) is 46.2 Å². The Bertz CT molecular complexity index is 1050. The molecule has 0 aliphatic carbocycles. The molecule has 1 aromatic heterocycles. The predicted molar refractivity (Wildman–Crippen MR) is 147 cm³/mol. The van der Waals surface area contributed by atoms with Crippen molar-refractivity contribution in [3.05, 3.63) is 88.1 Å². The maximum Gasteiger partial charge on any atom is 0.322 e. The minimum absolute atomic E-state index is 0.000243. The number of urea groups is 1. The molecule has 2 aromatic carbocycles. The summed E-state index contributed by atoms with van der Waals surface area (Å²) in [6.07, 6.45) is 0.657. The fourth-order valence-corrected chi connectivity index (χ4v) is 4.52. The summed E-state index contributed by atoms with van der Waals surface area (Å²) < 4.78 is 5.47. The topological polar surface area (TPSA) is 61.9 Å². The lowest BCUT2D eigenvalue weighted by atomic mass is 10.0. The van der Waals surface area contributed by atoms with E-state index in [1.54, 1.807) is 16.2 Å². The maximum absolute atomic E-state index is 13.5. The molecule has 7 heteroatoms. The molecule has 1 N–H and O–H groups in total. The molecule has 3 aromatic rings. The zero-order chi connectivity index (χ0) is 25.8. The third-order valence-corrected chi connectivity index (χ3v) is 6.72. The van der Waals surface area contributed by atoms with Gasteiger partial charge < -0.3 is 19.9 Å². The minimum Gasteiger partial charge on any atom is -0.382 e. The summed E-state index contributed by atoms with van der Waals surface area (Å²) in [4.78, 5) is 31.3. The largest absolute Gasteiger partial charge is 0.382 e. The second kappa shape index (κ2) is 14.4. The first kappa shape index (κ1) is 27.4. The van der Waals surface area contributed by atoms with Crippen LogP contribution in [-0.2, 0) is 22.6 Å². The van der Waals surface area contributed by atoms with Gasteiger partial charge in [-0.2, -0.15) is 0 Å². The molecular weight excluding hydrogens is 470 g/mol. The van der Waals surface area contributed by atoms with E-state index in [2.05, 4.69) is 19.2 Å². The summed E-state index contributed by atoms with van der Waals surface area (Å²) in [5.74, 6) is 0.329. The fourth-order valence-electron chi connectivity index (χ4n) is 3.80. The van der Waals surface area contributed by atoms with Crippen molar-refractivity contribution < 1.29 is 14.3 Å². The normalized spacial score (nSPS) is 10.9. The number of nitrogens with zero attached hydrogens (tertiary/aromatic N) is 2. The number of anilines is 1. The molecular formula is C29H37N3O3S. The number of hydrogen-bond acceptors (Lipinski definition) is 4. The lowest BCUT2D eigenvalue weighted by Crippen LogP contribution is -2.44. The van der Waals surface area contributed by atoms with E-state index in [0.717, 1.165) is 10.4 Å². The summed E-state index contributed by atoms with van der Waals surface area (Å²) in [7, 11) is 0. The van der Waals surface area contributed by atoms with Gasteiger partial charge in [0, 0.05) is 36.9 Å². The van der Waals surface area contributed by atoms with Gasteiger partial charge in [-0.05, 0) is 54.0 Å². The van der Waals surface area contributed by atoms with Gasteiger partial charge in [0.1, 0.15) is 6.54 Å². The lowest BCUT2D eigenvalue weighted by molar-refractivity contribution is -0.133. The minimum atomic E-state index is -0.284. The Hall–Kier alpha value is -3.16. The zero-order valence-electron chi connectivity index (χ0n) is 21.5. The van der Waals surface area contributed by atoms with E-state index in [1.807, 2.05) is 83.9 Å². The van der Waals surface area contributed by atoms with Gasteiger partial charge in [0.05, 0.1) is 6.54 Å². The number of hydrogen-bond donors (Lipinski definition) is 1. The van der Waals surface area contributed by atoms with Crippen molar-refractivity contribution in [2.24, 2.45) is 0 Å². The first-order valence-electron chi connectivity index (χ1n) is 12.5. The molecule has 3 amide bonds. The molecule has 0 spiro atoms. The Morgan fingerprint density at radius 1 is 0.944 bits per heavy atom. The molecule has 0 saturated heterocycles. The van der Waals surface area contributed by atoms with Crippen LogP contribution in [0.4, 0.5) is 10.5 Å². The van der Waals surface area contributed by atoms with E-state index < -0.39 is 0 Å². The smallest absolute Gasteiger partial charge is 0.322 e. The molecule has 0 aliphatic rings. The van der Waals surface area contributed by atoms with Crippen LogP contribution in [-0.4, -0.2) is 48.0 Å². The van der Waals surface area contributed by atoms with Gasteiger partial charge in [0.15, 0.2) is 0 Å². The number of amides is 3. The van der Waals surface area contributed by atoms with Gasteiger partial charge in [0.25, 0.3) is 0 Å². The SMILES string of the molecule is CCOCCCN(CC(=O)N(Cc1ccccc1)Cc1cccs1)C(=O)Nc1ccc(C(C)C)cc1. The number of rotatable bonds is 13. The summed E-state index contributed by atoms with van der Waals surface area (Å²) in [5, 5.41) is 4.98. The first-order chi connectivity index (χ1) is 17.5. The van der Waals surface area contributed by atoms with Crippen molar-refractivity contribution in [2.75, 3.05) is 31.6 Å². The molecule has 0 atom stereocenters. The maximum atomic E-state index is 13.5. The summed E-state index contributed by atoms with van der Waals surface area (Å²) >= 11 is 1.63. The number of benzene rings is 2. The molecule has 0 aliphatic heterocycles. The van der Waals surface area contributed by atoms with Gasteiger partial charge >= 0.3 is 6.03 Å². The van der Waals surface area contributed by atoms with Crippen LogP contribution in [0.1, 0.15) is 49.1 Å². The second-order valence-corrected chi connectivity index (χ2v) is 10.0. The number of carbonyl (C=O) groups excluding carboxylic acids is 2. The molecule has 6 nitrogen and oxygen atoms in total. The quantitative estimate of drug-likeness (QED) is 0.274. The summed E-state index contributed by atoms with van der Waals surface area (Å²) in [5.41, 5.74) is 2.98. The lowest BCUT2D eigenvalue weighted by Gasteiger charge is -2.28. The van der Waals surface area contributed by atoms with Gasteiger partial charge in [0.2, 0.25) is 5.91 Å². The first-order valence-corrected chi connectivity index (χ1v) is 13.4. The van der Waals surface area contributed by atoms with Gasteiger partial charge in [-0.3, -0.25) is 4.79 Å². The van der Waals surface area contributed by atoms with E-state index in [9.17, 15) is 9.59 Å². The molecule has 1 heterocycles. The number of ether oxygens (including phenoxy) is 1. The summed E-state index contributed by atoms with van der Waals surface area (Å²) in [6, 6.07) is 21.5. The van der Waals surface area contributed by atoms with Crippen LogP contribution in [0, 0.1) is 0 Å². The average molecular weight is 508 g/mol. The molecule has 3 rings (SSSR count). The highest BCUT2D eigenvalue weighted by molar-refractivity contribution is 7.09. The molecule has 0 bridgehead atoms. The van der Waals surface area contributed by atoms with Gasteiger partial charge in [-0.15, -0.1) is 11.3 Å². The van der Waals surface area contributed by atoms with Crippen molar-refractivity contribution in [1.82, 2.24) is 9.80 Å². The molecule has 0 fully saturated rings. The number of nitrogens with one attached hydrogen (secondary N) is 1. The van der Waals surface area contributed by atoms with Crippen molar-refractivity contribution in [3.63, 3.8) is 0 Å². The zero-order valence-corrected chi connectivity index (χ0v) is 22.3. The van der Waals surface area contributed by atoms with E-state index >= 15 is 0 Å². The van der Waals surface area contributed by atoms with Crippen LogP contribution >= 0.6 is 11.3 Å². The number of carbonyl (C=O) groups is 2. The van der Waals surface area contributed by atoms with Gasteiger partial charge in [-0.1, -0.05) is 62.4 Å². The predicted octanol–water partition coefficient (Wildman–Crippen LogP) is 6.36. The highest BCUT2D eigenvalue weighted by Gasteiger charge is 2.22. The van der Waals surface area contributed by atoms with Crippen molar-refractivity contribution >= 4 is 29.0 Å². The average Bonchev–Trinajstić information content (AvgIpc) is 3.39. The Morgan fingerprint density at radius 3 is 2.33 bits per heavy atom. The van der Waals surface area contributed by atoms with Crippen LogP contribution in [0.5, 0.6) is 0 Å². The fraction of sp³-hybridized carbons (Fsp3) is 0.379. The highest BCUT2D eigenvalue weighted by atomic mass is 32.1. The van der Waals surface area contributed by atoms with E-state index in [4.69, 9.17) is 4.74 Å². The Kier molecular flexibility index (Phi) is 11.0.